The van der Waals surface area contributed by atoms with Crippen molar-refractivity contribution in [2.24, 2.45) is 5.73 Å². The van der Waals surface area contributed by atoms with Crippen LogP contribution >= 0.6 is 22.9 Å². The molecule has 1 aliphatic carbocycles. The molecule has 2 aromatic carbocycles. The van der Waals surface area contributed by atoms with E-state index in [2.05, 4.69) is 6.07 Å². The Balaban J connectivity index is 1.42. The molecule has 1 aliphatic rings. The van der Waals surface area contributed by atoms with Gasteiger partial charge < -0.3 is 10.5 Å². The lowest BCUT2D eigenvalue weighted by Crippen LogP contribution is -2.53. The van der Waals surface area contributed by atoms with Crippen LogP contribution in [0, 0.1) is 0 Å². The van der Waals surface area contributed by atoms with E-state index in [-0.39, 0.29) is 11.5 Å². The van der Waals surface area contributed by atoms with Crippen molar-refractivity contribution in [1.29, 1.82) is 0 Å². The summed E-state index contributed by atoms with van der Waals surface area (Å²) < 4.78 is 22.1. The van der Waals surface area contributed by atoms with E-state index in [0.29, 0.717) is 39.4 Å². The fourth-order valence-electron chi connectivity index (χ4n) is 4.78. The van der Waals surface area contributed by atoms with E-state index in [9.17, 15) is 9.00 Å². The number of hydrogen-bond donors (Lipinski definition) is 1. The summed E-state index contributed by atoms with van der Waals surface area (Å²) in [4.78, 5) is 12.5. The molecule has 0 bridgehead atoms. The number of benzene rings is 2. The molecule has 0 amide bonds. The average molecular weight is 574 g/mol. The number of hydrogen-bond acceptors (Lipinski definition) is 7. The van der Waals surface area contributed by atoms with Crippen molar-refractivity contribution in [3.63, 3.8) is 0 Å². The standard InChI is InChI=1S/C27H28ClN3O3S3/c1-34-22-8-3-7-21-26(22)20(17-37(33,35)25-12-11-24(28)36-25)30-31(21)16-19-6-2-5-18(15-19)9-10-23(32)27(29)13-4-14-27/h2-3,5-8,11-12,15H,4,9-10,13-14,16-17,29H2,1H3. The molecule has 5 rings (SSSR count). The summed E-state index contributed by atoms with van der Waals surface area (Å²) in [6.45, 7) is 0.510. The number of rotatable bonds is 10. The summed E-state index contributed by atoms with van der Waals surface area (Å²) in [5.74, 6) is 0.914. The van der Waals surface area contributed by atoms with Crippen molar-refractivity contribution in [3.8, 4) is 5.75 Å². The highest BCUT2D eigenvalue weighted by Gasteiger charge is 2.39. The van der Waals surface area contributed by atoms with Crippen molar-refractivity contribution >= 4 is 59.3 Å². The van der Waals surface area contributed by atoms with Crippen LogP contribution < -0.4 is 10.5 Å². The van der Waals surface area contributed by atoms with Gasteiger partial charge in [0.05, 0.1) is 58.6 Å². The van der Waals surface area contributed by atoms with Gasteiger partial charge in [-0.05, 0) is 72.3 Å². The lowest BCUT2D eigenvalue weighted by atomic mass is 9.73. The van der Waals surface area contributed by atoms with Gasteiger partial charge in [-0.3, -0.25) is 13.7 Å². The lowest BCUT2D eigenvalue weighted by Gasteiger charge is -2.36. The van der Waals surface area contributed by atoms with Gasteiger partial charge in [0.2, 0.25) is 0 Å². The predicted octanol–water partition coefficient (Wildman–Crippen LogP) is 5.50. The number of nitrogens with zero attached hydrogens (tertiary/aromatic N) is 2. The smallest absolute Gasteiger partial charge is 0.152 e. The van der Waals surface area contributed by atoms with Gasteiger partial charge in [-0.1, -0.05) is 41.9 Å². The number of aromatic nitrogens is 2. The molecule has 0 aliphatic heterocycles. The van der Waals surface area contributed by atoms with E-state index >= 15 is 0 Å². The number of methoxy groups -OCH3 is 1. The monoisotopic (exact) mass is 573 g/mol. The molecule has 1 atom stereocenters. The highest BCUT2D eigenvalue weighted by molar-refractivity contribution is 8.33. The first-order valence-electron chi connectivity index (χ1n) is 12.1. The minimum atomic E-state index is -2.81. The molecule has 194 valence electrons. The maximum Gasteiger partial charge on any atom is 0.152 e. The topological polar surface area (TPSA) is 87.2 Å². The number of aryl methyl sites for hydroxylation is 1. The van der Waals surface area contributed by atoms with Crippen LogP contribution in [-0.2, 0) is 43.2 Å². The van der Waals surface area contributed by atoms with Crippen molar-refractivity contribution in [2.45, 2.75) is 54.1 Å². The molecule has 2 heterocycles. The number of fused-ring (bicyclic) bond motifs is 1. The molecule has 2 N–H and O–H groups in total. The van der Waals surface area contributed by atoms with Gasteiger partial charge in [0.25, 0.3) is 0 Å². The zero-order valence-electron chi connectivity index (χ0n) is 20.4. The molecule has 10 heteroatoms. The highest BCUT2D eigenvalue weighted by atomic mass is 35.5. The molecule has 0 spiro atoms. The summed E-state index contributed by atoms with van der Waals surface area (Å²) >= 11 is 12.9. The van der Waals surface area contributed by atoms with E-state index in [0.717, 1.165) is 41.3 Å². The molecule has 1 fully saturated rings. The number of thiophene rings is 1. The van der Waals surface area contributed by atoms with Crippen LogP contribution in [0.3, 0.4) is 0 Å². The SMILES string of the molecule is COc1cccc2c1c(CS(=O)(=S)c1ccc(Cl)s1)nn2Cc1cccc(CCC(=O)C2(N)CCC2)c1. The first kappa shape index (κ1) is 26.3. The number of nitrogens with two attached hydrogens (primary N) is 1. The first-order chi connectivity index (χ1) is 17.7. The molecule has 37 heavy (non-hydrogen) atoms. The van der Waals surface area contributed by atoms with E-state index in [1.165, 1.54) is 11.3 Å². The molecule has 0 radical (unpaired) electrons. The fraction of sp³-hybridized carbons (Fsp3) is 0.333. The molecule has 0 saturated heterocycles. The Morgan fingerprint density at radius 1 is 1.22 bits per heavy atom. The number of carbonyl (C=O) groups is 1. The maximum absolute atomic E-state index is 13.5. The Morgan fingerprint density at radius 3 is 2.65 bits per heavy atom. The van der Waals surface area contributed by atoms with E-state index < -0.39 is 14.0 Å². The molecule has 1 saturated carbocycles. The fourth-order valence-corrected chi connectivity index (χ4v) is 8.44. The van der Waals surface area contributed by atoms with Gasteiger partial charge in [-0.25, -0.2) is 0 Å². The van der Waals surface area contributed by atoms with Crippen molar-refractivity contribution in [1.82, 2.24) is 9.78 Å². The van der Waals surface area contributed by atoms with Gasteiger partial charge in [0.1, 0.15) is 5.75 Å². The second-order valence-electron chi connectivity index (χ2n) is 9.53. The third-order valence-electron chi connectivity index (χ3n) is 6.98. The zero-order valence-corrected chi connectivity index (χ0v) is 23.7. The maximum atomic E-state index is 13.5. The Labute approximate surface area is 230 Å². The summed E-state index contributed by atoms with van der Waals surface area (Å²) in [6, 6.07) is 17.4. The predicted molar refractivity (Wildman–Crippen MR) is 153 cm³/mol. The Bertz CT molecular complexity index is 1570. The molecule has 1 unspecified atom stereocenters. The summed E-state index contributed by atoms with van der Waals surface area (Å²) in [5.41, 5.74) is 9.24. The van der Waals surface area contributed by atoms with Crippen molar-refractivity contribution < 1.29 is 13.7 Å². The summed E-state index contributed by atoms with van der Waals surface area (Å²) in [7, 11) is -1.20. The normalized spacial score (nSPS) is 16.3. The van der Waals surface area contributed by atoms with Crippen LogP contribution in [0.5, 0.6) is 5.75 Å². The molecule has 6 nitrogen and oxygen atoms in total. The van der Waals surface area contributed by atoms with Gasteiger partial charge in [-0.15, -0.1) is 11.3 Å². The van der Waals surface area contributed by atoms with Crippen LogP contribution in [-0.4, -0.2) is 32.4 Å². The van der Waals surface area contributed by atoms with Gasteiger partial charge in [0, 0.05) is 6.42 Å². The molecular formula is C27H28ClN3O3S3. The first-order valence-corrected chi connectivity index (χ1v) is 15.9. The van der Waals surface area contributed by atoms with Gasteiger partial charge in [0.15, 0.2) is 5.78 Å². The lowest BCUT2D eigenvalue weighted by molar-refractivity contribution is -0.126. The van der Waals surface area contributed by atoms with Crippen molar-refractivity contribution in [2.75, 3.05) is 7.11 Å². The third kappa shape index (κ3) is 5.47. The number of Topliss-reactive ketones (excluding diaryl/α,β-unsaturated/α-hetero) is 1. The average Bonchev–Trinajstić information content (AvgIpc) is 3.45. The summed E-state index contributed by atoms with van der Waals surface area (Å²) in [5, 5.41) is 5.66. The van der Waals surface area contributed by atoms with E-state index in [4.69, 9.17) is 38.4 Å². The minimum Gasteiger partial charge on any atom is -0.496 e. The van der Waals surface area contributed by atoms with Crippen LogP contribution in [0.25, 0.3) is 10.9 Å². The van der Waals surface area contributed by atoms with Gasteiger partial charge >= 0.3 is 0 Å². The quantitative estimate of drug-likeness (QED) is 0.270. The Hall–Kier alpha value is -2.30. The van der Waals surface area contributed by atoms with Crippen molar-refractivity contribution in [3.05, 3.63) is 75.8 Å². The molecular weight excluding hydrogens is 546 g/mol. The van der Waals surface area contributed by atoms with E-state index in [1.807, 2.05) is 41.1 Å². The van der Waals surface area contributed by atoms with Crippen LogP contribution in [0.2, 0.25) is 4.34 Å². The Kier molecular flexibility index (Phi) is 7.44. The minimum absolute atomic E-state index is 0.103. The third-order valence-corrected chi connectivity index (χ3v) is 11.7. The molecule has 2 aromatic heterocycles. The molecule has 4 aromatic rings. The number of carbonyl (C=O) groups excluding carboxylic acids is 1. The van der Waals surface area contributed by atoms with E-state index in [1.54, 1.807) is 19.2 Å². The number of ketones is 1. The second kappa shape index (κ2) is 10.5. The second-order valence-corrected chi connectivity index (χ2v) is 15.1. The zero-order chi connectivity index (χ0) is 26.2. The Morgan fingerprint density at radius 2 is 1.97 bits per heavy atom. The van der Waals surface area contributed by atoms with Gasteiger partial charge in [-0.2, -0.15) is 5.10 Å². The number of halogens is 1. The summed E-state index contributed by atoms with van der Waals surface area (Å²) in [6.07, 6.45) is 3.72. The number of ether oxygens (including phenoxy) is 1. The largest absolute Gasteiger partial charge is 0.496 e. The van der Waals surface area contributed by atoms with Crippen LogP contribution in [0.1, 0.15) is 42.5 Å². The highest BCUT2D eigenvalue weighted by Crippen LogP contribution is 2.34. The van der Waals surface area contributed by atoms with Crippen LogP contribution in [0.15, 0.2) is 58.8 Å². The van der Waals surface area contributed by atoms with Crippen LogP contribution in [0.4, 0.5) is 0 Å².